The van der Waals surface area contributed by atoms with E-state index in [0.29, 0.717) is 24.7 Å². The summed E-state index contributed by atoms with van der Waals surface area (Å²) in [4.78, 5) is 12.1. The second-order valence-corrected chi connectivity index (χ2v) is 5.36. The molecule has 1 aromatic rings. The number of para-hydroxylation sites is 1. The average molecular weight is 260 g/mol. The fraction of sp³-hybridized carbons (Fsp3) is 0.588. The molecule has 1 aromatic carbocycles. The van der Waals surface area contributed by atoms with Crippen LogP contribution in [0.5, 0.6) is 5.75 Å². The zero-order chi connectivity index (χ0) is 13.5. The topological polar surface area (TPSA) is 26.3 Å². The molecular formula is C17H24O2. The van der Waals surface area contributed by atoms with Crippen molar-refractivity contribution in [1.82, 2.24) is 0 Å². The summed E-state index contributed by atoms with van der Waals surface area (Å²) in [5.74, 6) is 1.63. The third-order valence-corrected chi connectivity index (χ3v) is 4.02. The van der Waals surface area contributed by atoms with Crippen LogP contribution in [0.15, 0.2) is 24.3 Å². The van der Waals surface area contributed by atoms with Crippen molar-refractivity contribution < 1.29 is 9.53 Å². The summed E-state index contributed by atoms with van der Waals surface area (Å²) < 4.78 is 5.77. The van der Waals surface area contributed by atoms with E-state index >= 15 is 0 Å². The molecule has 1 fully saturated rings. The van der Waals surface area contributed by atoms with E-state index in [1.165, 1.54) is 24.8 Å². The SMILES string of the molecule is CCc1ccccc1OCCC(=O)C1CCCCC1. The number of hydrogen-bond donors (Lipinski definition) is 0. The normalized spacial score (nSPS) is 16.3. The summed E-state index contributed by atoms with van der Waals surface area (Å²) in [6, 6.07) is 8.08. The lowest BCUT2D eigenvalue weighted by Gasteiger charge is -2.20. The Morgan fingerprint density at radius 1 is 1.21 bits per heavy atom. The Morgan fingerprint density at radius 2 is 1.95 bits per heavy atom. The molecule has 2 nitrogen and oxygen atoms in total. The first-order valence-corrected chi connectivity index (χ1v) is 7.54. The van der Waals surface area contributed by atoms with Gasteiger partial charge >= 0.3 is 0 Å². The van der Waals surface area contributed by atoms with E-state index in [0.717, 1.165) is 25.0 Å². The van der Waals surface area contributed by atoms with Crippen molar-refractivity contribution in [1.29, 1.82) is 0 Å². The van der Waals surface area contributed by atoms with E-state index in [1.807, 2.05) is 18.2 Å². The van der Waals surface area contributed by atoms with E-state index in [2.05, 4.69) is 13.0 Å². The highest BCUT2D eigenvalue weighted by molar-refractivity contribution is 5.81. The molecule has 0 saturated heterocycles. The number of carbonyl (C=O) groups is 1. The van der Waals surface area contributed by atoms with E-state index in [4.69, 9.17) is 4.74 Å². The molecule has 2 heteroatoms. The maximum Gasteiger partial charge on any atom is 0.139 e. The summed E-state index contributed by atoms with van der Waals surface area (Å²) in [5.41, 5.74) is 1.22. The molecule has 0 atom stereocenters. The van der Waals surface area contributed by atoms with Gasteiger partial charge in [-0.05, 0) is 30.9 Å². The highest BCUT2D eigenvalue weighted by Crippen LogP contribution is 2.25. The fourth-order valence-electron chi connectivity index (χ4n) is 2.83. The van der Waals surface area contributed by atoms with E-state index in [-0.39, 0.29) is 0 Å². The fourth-order valence-corrected chi connectivity index (χ4v) is 2.83. The lowest BCUT2D eigenvalue weighted by molar-refractivity contribution is -0.124. The van der Waals surface area contributed by atoms with E-state index in [9.17, 15) is 4.79 Å². The summed E-state index contributed by atoms with van der Waals surface area (Å²) in [6.07, 6.45) is 7.43. The zero-order valence-electron chi connectivity index (χ0n) is 11.9. The lowest BCUT2D eigenvalue weighted by atomic mass is 9.85. The molecular weight excluding hydrogens is 236 g/mol. The largest absolute Gasteiger partial charge is 0.493 e. The molecule has 0 heterocycles. The first-order valence-electron chi connectivity index (χ1n) is 7.54. The van der Waals surface area contributed by atoms with Crippen molar-refractivity contribution in [2.75, 3.05) is 6.61 Å². The number of hydrogen-bond acceptors (Lipinski definition) is 2. The van der Waals surface area contributed by atoms with Crippen LogP contribution in [0.4, 0.5) is 0 Å². The summed E-state index contributed by atoms with van der Waals surface area (Å²) in [5, 5.41) is 0. The molecule has 0 aliphatic heterocycles. The van der Waals surface area contributed by atoms with Crippen LogP contribution in [0.2, 0.25) is 0 Å². The smallest absolute Gasteiger partial charge is 0.139 e. The van der Waals surface area contributed by atoms with Crippen molar-refractivity contribution >= 4 is 5.78 Å². The van der Waals surface area contributed by atoms with Crippen LogP contribution in [0, 0.1) is 5.92 Å². The van der Waals surface area contributed by atoms with Gasteiger partial charge < -0.3 is 4.74 Å². The van der Waals surface area contributed by atoms with Crippen LogP contribution in [-0.2, 0) is 11.2 Å². The first-order chi connectivity index (χ1) is 9.31. The predicted octanol–water partition coefficient (Wildman–Crippen LogP) is 4.17. The van der Waals surface area contributed by atoms with Crippen molar-refractivity contribution in [3.63, 3.8) is 0 Å². The molecule has 0 bridgehead atoms. The van der Waals surface area contributed by atoms with Crippen LogP contribution >= 0.6 is 0 Å². The standard InChI is InChI=1S/C17H24O2/c1-2-14-8-6-7-11-17(14)19-13-12-16(18)15-9-4-3-5-10-15/h6-8,11,15H,2-5,9-10,12-13H2,1H3. The van der Waals surface area contributed by atoms with Crippen LogP contribution < -0.4 is 4.74 Å². The molecule has 1 saturated carbocycles. The highest BCUT2D eigenvalue weighted by atomic mass is 16.5. The number of aryl methyl sites for hydroxylation is 1. The molecule has 2 rings (SSSR count). The number of Topliss-reactive ketones (excluding diaryl/α,β-unsaturated/α-hetero) is 1. The Bertz CT molecular complexity index is 405. The summed E-state index contributed by atoms with van der Waals surface area (Å²) >= 11 is 0. The molecule has 0 unspecified atom stereocenters. The van der Waals surface area contributed by atoms with Gasteiger partial charge in [-0.1, -0.05) is 44.4 Å². The second kappa shape index (κ2) is 7.32. The van der Waals surface area contributed by atoms with Gasteiger partial charge in [0.15, 0.2) is 0 Å². The predicted molar refractivity (Wildman–Crippen MR) is 77.5 cm³/mol. The number of rotatable bonds is 6. The Hall–Kier alpha value is -1.31. The molecule has 1 aliphatic rings. The van der Waals surface area contributed by atoms with Crippen LogP contribution in [0.25, 0.3) is 0 Å². The monoisotopic (exact) mass is 260 g/mol. The van der Waals surface area contributed by atoms with Crippen molar-refractivity contribution in [3.8, 4) is 5.75 Å². The minimum absolute atomic E-state index is 0.304. The van der Waals surface area contributed by atoms with Gasteiger partial charge in [0.05, 0.1) is 6.61 Å². The molecule has 104 valence electrons. The number of benzene rings is 1. The third kappa shape index (κ3) is 4.09. The third-order valence-electron chi connectivity index (χ3n) is 4.02. The van der Waals surface area contributed by atoms with Gasteiger partial charge in [0.1, 0.15) is 11.5 Å². The maximum absolute atomic E-state index is 12.1. The quantitative estimate of drug-likeness (QED) is 0.767. The zero-order valence-corrected chi connectivity index (χ0v) is 11.9. The van der Waals surface area contributed by atoms with Crippen molar-refractivity contribution in [3.05, 3.63) is 29.8 Å². The van der Waals surface area contributed by atoms with E-state index in [1.54, 1.807) is 0 Å². The Kier molecular flexibility index (Phi) is 5.44. The van der Waals surface area contributed by atoms with Gasteiger partial charge in [0, 0.05) is 12.3 Å². The van der Waals surface area contributed by atoms with Crippen molar-refractivity contribution in [2.24, 2.45) is 5.92 Å². The van der Waals surface area contributed by atoms with Gasteiger partial charge in [0.2, 0.25) is 0 Å². The van der Waals surface area contributed by atoms with Gasteiger partial charge in [-0.2, -0.15) is 0 Å². The molecule has 0 aromatic heterocycles. The first kappa shape index (κ1) is 14.1. The highest BCUT2D eigenvalue weighted by Gasteiger charge is 2.20. The molecule has 0 radical (unpaired) electrons. The van der Waals surface area contributed by atoms with Crippen LogP contribution in [-0.4, -0.2) is 12.4 Å². The Labute approximate surface area is 116 Å². The van der Waals surface area contributed by atoms with Gasteiger partial charge in [0.25, 0.3) is 0 Å². The second-order valence-electron chi connectivity index (χ2n) is 5.36. The Morgan fingerprint density at radius 3 is 2.68 bits per heavy atom. The van der Waals surface area contributed by atoms with Gasteiger partial charge in [-0.3, -0.25) is 4.79 Å². The lowest BCUT2D eigenvalue weighted by Crippen LogP contribution is -2.19. The van der Waals surface area contributed by atoms with Gasteiger partial charge in [-0.15, -0.1) is 0 Å². The molecule has 19 heavy (non-hydrogen) atoms. The molecule has 0 spiro atoms. The number of ether oxygens (including phenoxy) is 1. The molecule has 1 aliphatic carbocycles. The number of carbonyl (C=O) groups excluding carboxylic acids is 1. The maximum atomic E-state index is 12.1. The minimum Gasteiger partial charge on any atom is -0.493 e. The van der Waals surface area contributed by atoms with Crippen LogP contribution in [0.3, 0.4) is 0 Å². The van der Waals surface area contributed by atoms with Crippen molar-refractivity contribution in [2.45, 2.75) is 51.9 Å². The van der Waals surface area contributed by atoms with Gasteiger partial charge in [-0.25, -0.2) is 0 Å². The molecule has 0 amide bonds. The van der Waals surface area contributed by atoms with E-state index < -0.39 is 0 Å². The summed E-state index contributed by atoms with van der Waals surface area (Å²) in [6.45, 7) is 2.64. The van der Waals surface area contributed by atoms with Crippen LogP contribution in [0.1, 0.15) is 51.0 Å². The average Bonchev–Trinajstić information content (AvgIpc) is 2.48. The Balaban J connectivity index is 1.78. The minimum atomic E-state index is 0.304. The summed E-state index contributed by atoms with van der Waals surface area (Å²) in [7, 11) is 0. The number of ketones is 1. The molecule has 0 N–H and O–H groups in total.